The molecule has 0 fully saturated rings. The molecule has 0 aromatic rings. The molecule has 0 rings (SSSR count). The van der Waals surface area contributed by atoms with Gasteiger partial charge in [-0.1, -0.05) is 33.1 Å². The zero-order valence-electron chi connectivity index (χ0n) is 7.06. The first-order chi connectivity index (χ1) is 4.35. The van der Waals surface area contributed by atoms with Crippen molar-refractivity contribution in [1.29, 1.82) is 0 Å². The van der Waals surface area contributed by atoms with E-state index in [0.717, 1.165) is 6.42 Å². The van der Waals surface area contributed by atoms with E-state index in [9.17, 15) is 0 Å². The van der Waals surface area contributed by atoms with Crippen LogP contribution < -0.4 is 0 Å². The van der Waals surface area contributed by atoms with Crippen molar-refractivity contribution in [2.45, 2.75) is 39.5 Å². The van der Waals surface area contributed by atoms with Crippen LogP contribution in [0.3, 0.4) is 0 Å². The van der Waals surface area contributed by atoms with Crippen LogP contribution in [0.1, 0.15) is 39.5 Å². The number of aliphatic hydroxyl groups excluding tert-OH is 1. The zero-order valence-corrected chi connectivity index (χ0v) is 10.3. The molecule has 60 valence electrons. The van der Waals surface area contributed by atoms with Gasteiger partial charge in [0.25, 0.3) is 0 Å². The van der Waals surface area contributed by atoms with Crippen LogP contribution in [-0.2, 0) is 0 Å². The van der Waals surface area contributed by atoms with E-state index in [1.165, 1.54) is 19.3 Å². The van der Waals surface area contributed by atoms with Crippen molar-refractivity contribution in [2.75, 3.05) is 6.61 Å². The van der Waals surface area contributed by atoms with Gasteiger partial charge >= 0.3 is 0 Å². The van der Waals surface area contributed by atoms with E-state index in [4.69, 9.17) is 5.11 Å². The Morgan fingerprint density at radius 3 is 2.20 bits per heavy atom. The van der Waals surface area contributed by atoms with E-state index in [1.807, 2.05) is 0 Å². The van der Waals surface area contributed by atoms with E-state index in [1.54, 1.807) is 0 Å². The predicted octanol–water partition coefficient (Wildman–Crippen LogP) is 2.20. The average Bonchev–Trinajstić information content (AvgIpc) is 1.91. The molecule has 1 N–H and O–H groups in total. The van der Waals surface area contributed by atoms with Crippen molar-refractivity contribution in [3.63, 3.8) is 0 Å². The second-order valence-electron chi connectivity index (χ2n) is 2.60. The van der Waals surface area contributed by atoms with Gasteiger partial charge in [0.2, 0.25) is 0 Å². The van der Waals surface area contributed by atoms with Gasteiger partial charge in [0, 0.05) is 47.4 Å². The van der Waals surface area contributed by atoms with Crippen molar-refractivity contribution in [2.24, 2.45) is 5.92 Å². The molecule has 10 heavy (non-hydrogen) atoms. The molecule has 1 nitrogen and oxygen atoms in total. The van der Waals surface area contributed by atoms with E-state index < -0.39 is 0 Å². The third kappa shape index (κ3) is 7.42. The van der Waals surface area contributed by atoms with Gasteiger partial charge in [-0.3, -0.25) is 0 Å². The SMILES string of the molecule is CCCCC(CC)CO.[Nd]. The third-order valence-corrected chi connectivity index (χ3v) is 1.80. The molecule has 0 saturated heterocycles. The third-order valence-electron chi connectivity index (χ3n) is 1.80. The number of rotatable bonds is 5. The summed E-state index contributed by atoms with van der Waals surface area (Å²) in [6.07, 6.45) is 4.83. The molecular weight excluding hydrogens is 256 g/mol. The van der Waals surface area contributed by atoms with Crippen LogP contribution in [0.15, 0.2) is 0 Å². The average molecular weight is 274 g/mol. The van der Waals surface area contributed by atoms with Crippen LogP contribution >= 0.6 is 0 Å². The molecule has 0 aliphatic carbocycles. The number of hydrogen-bond acceptors (Lipinski definition) is 1. The second kappa shape index (κ2) is 10.3. The van der Waals surface area contributed by atoms with Gasteiger partial charge in [-0.15, -0.1) is 0 Å². The molecule has 0 saturated carbocycles. The van der Waals surface area contributed by atoms with Crippen LogP contribution in [0, 0.1) is 46.8 Å². The summed E-state index contributed by atoms with van der Waals surface area (Å²) in [5, 5.41) is 8.75. The molecule has 0 aromatic heterocycles. The molecule has 0 aromatic carbocycles. The normalized spacial score (nSPS) is 12.3. The summed E-state index contributed by atoms with van der Waals surface area (Å²) in [6, 6.07) is 0. The summed E-state index contributed by atoms with van der Waals surface area (Å²) < 4.78 is 0. The summed E-state index contributed by atoms with van der Waals surface area (Å²) in [7, 11) is 0. The van der Waals surface area contributed by atoms with Crippen LogP contribution in [0.25, 0.3) is 0 Å². The van der Waals surface area contributed by atoms with Crippen molar-refractivity contribution in [3.05, 3.63) is 0 Å². The second-order valence-corrected chi connectivity index (χ2v) is 2.60. The first kappa shape index (κ1) is 13.9. The molecular formula is C8H18NdO. The summed E-state index contributed by atoms with van der Waals surface area (Å²) in [6.45, 7) is 4.69. The van der Waals surface area contributed by atoms with E-state index in [0.29, 0.717) is 12.5 Å². The molecule has 0 amide bonds. The molecule has 0 aliphatic rings. The fourth-order valence-corrected chi connectivity index (χ4v) is 0.917. The minimum atomic E-state index is 0. The molecule has 0 spiro atoms. The molecule has 0 radical (unpaired) electrons. The van der Waals surface area contributed by atoms with Crippen LogP contribution in [0.4, 0.5) is 0 Å². The predicted molar refractivity (Wildman–Crippen MR) is 40.4 cm³/mol. The van der Waals surface area contributed by atoms with Gasteiger partial charge in [-0.05, 0) is 12.3 Å². The van der Waals surface area contributed by atoms with Crippen LogP contribution in [0.2, 0.25) is 0 Å². The standard InChI is InChI=1S/C8H18O.Nd/c1-3-5-6-8(4-2)7-9;/h8-9H,3-7H2,1-2H3;. The minimum absolute atomic E-state index is 0. The van der Waals surface area contributed by atoms with Crippen LogP contribution in [0.5, 0.6) is 0 Å². The fraction of sp³-hybridized carbons (Fsp3) is 1.00. The van der Waals surface area contributed by atoms with Gasteiger partial charge < -0.3 is 5.11 Å². The van der Waals surface area contributed by atoms with E-state index in [2.05, 4.69) is 13.8 Å². The summed E-state index contributed by atoms with van der Waals surface area (Å²) >= 11 is 0. The van der Waals surface area contributed by atoms with Gasteiger partial charge in [0.15, 0.2) is 0 Å². The Bertz CT molecular complexity index is 53.2. The van der Waals surface area contributed by atoms with Crippen molar-refractivity contribution >= 4 is 0 Å². The maximum atomic E-state index is 8.75. The minimum Gasteiger partial charge on any atom is -0.396 e. The van der Waals surface area contributed by atoms with Crippen molar-refractivity contribution in [3.8, 4) is 0 Å². The zero-order chi connectivity index (χ0) is 7.11. The van der Waals surface area contributed by atoms with Gasteiger partial charge in [0.05, 0.1) is 0 Å². The van der Waals surface area contributed by atoms with Crippen molar-refractivity contribution in [1.82, 2.24) is 0 Å². The molecule has 0 aliphatic heterocycles. The van der Waals surface area contributed by atoms with Crippen LogP contribution in [-0.4, -0.2) is 11.7 Å². The Kier molecular flexibility index (Phi) is 14.3. The smallest absolute Gasteiger partial charge is 0.0459 e. The summed E-state index contributed by atoms with van der Waals surface area (Å²) in [5.41, 5.74) is 0. The van der Waals surface area contributed by atoms with Gasteiger partial charge in [0.1, 0.15) is 0 Å². The molecule has 1 unspecified atom stereocenters. The molecule has 1 atom stereocenters. The van der Waals surface area contributed by atoms with E-state index in [-0.39, 0.29) is 40.8 Å². The first-order valence-corrected chi connectivity index (χ1v) is 3.96. The Labute approximate surface area is 97.1 Å². The maximum absolute atomic E-state index is 8.75. The number of unbranched alkanes of at least 4 members (excludes halogenated alkanes) is 1. The fourth-order valence-electron chi connectivity index (χ4n) is 0.917. The quantitative estimate of drug-likeness (QED) is 0.815. The number of hydrogen-bond donors (Lipinski definition) is 1. The molecule has 2 heteroatoms. The Morgan fingerprint density at radius 2 is 1.90 bits per heavy atom. The maximum Gasteiger partial charge on any atom is 0.0459 e. The Morgan fingerprint density at radius 1 is 1.30 bits per heavy atom. The van der Waals surface area contributed by atoms with E-state index >= 15 is 0 Å². The van der Waals surface area contributed by atoms with Crippen molar-refractivity contribution < 1.29 is 45.9 Å². The largest absolute Gasteiger partial charge is 0.396 e. The number of aliphatic hydroxyl groups is 1. The Balaban J connectivity index is 0. The van der Waals surface area contributed by atoms with Gasteiger partial charge in [-0.2, -0.15) is 0 Å². The molecule has 0 bridgehead atoms. The Hall–Kier alpha value is 1.31. The first-order valence-electron chi connectivity index (χ1n) is 3.96. The molecule has 0 heterocycles. The monoisotopic (exact) mass is 272 g/mol. The topological polar surface area (TPSA) is 20.2 Å². The van der Waals surface area contributed by atoms with Gasteiger partial charge in [-0.25, -0.2) is 0 Å². The summed E-state index contributed by atoms with van der Waals surface area (Å²) in [4.78, 5) is 0. The summed E-state index contributed by atoms with van der Waals surface area (Å²) in [5.74, 6) is 0.560.